The largest absolute Gasteiger partial charge is 0.465 e. The SMILES string of the molecule is COC(=O)c1cc(Oc2nc3ccccc3s2)cc(C(=O)OC)c1. The number of hydrogen-bond donors (Lipinski definition) is 0. The van der Waals surface area contributed by atoms with E-state index in [0.29, 0.717) is 10.9 Å². The van der Waals surface area contributed by atoms with E-state index in [1.54, 1.807) is 0 Å². The van der Waals surface area contributed by atoms with Gasteiger partial charge in [-0.2, -0.15) is 0 Å². The van der Waals surface area contributed by atoms with Crippen LogP contribution < -0.4 is 4.74 Å². The van der Waals surface area contributed by atoms with E-state index >= 15 is 0 Å². The number of carbonyl (C=O) groups excluding carboxylic acids is 2. The van der Waals surface area contributed by atoms with Crippen molar-refractivity contribution in [2.75, 3.05) is 14.2 Å². The van der Waals surface area contributed by atoms with Crippen molar-refractivity contribution in [1.29, 1.82) is 0 Å². The minimum atomic E-state index is -0.574. The van der Waals surface area contributed by atoms with Gasteiger partial charge in [-0.3, -0.25) is 0 Å². The average molecular weight is 343 g/mol. The zero-order valence-corrected chi connectivity index (χ0v) is 13.8. The number of fused-ring (bicyclic) bond motifs is 1. The molecule has 3 rings (SSSR count). The Morgan fingerprint density at radius 3 is 2.17 bits per heavy atom. The molecule has 0 bridgehead atoms. The van der Waals surface area contributed by atoms with Crippen molar-refractivity contribution in [2.24, 2.45) is 0 Å². The highest BCUT2D eigenvalue weighted by Gasteiger charge is 2.15. The monoisotopic (exact) mass is 343 g/mol. The van der Waals surface area contributed by atoms with E-state index in [9.17, 15) is 9.59 Å². The Labute approximate surface area is 141 Å². The summed E-state index contributed by atoms with van der Waals surface area (Å²) in [6.07, 6.45) is 0. The number of benzene rings is 2. The van der Waals surface area contributed by atoms with E-state index in [-0.39, 0.29) is 11.1 Å². The third kappa shape index (κ3) is 3.21. The molecule has 0 unspecified atom stereocenters. The fraction of sp³-hybridized carbons (Fsp3) is 0.118. The highest BCUT2D eigenvalue weighted by atomic mass is 32.1. The van der Waals surface area contributed by atoms with Crippen molar-refractivity contribution in [1.82, 2.24) is 4.98 Å². The first-order valence-electron chi connectivity index (χ1n) is 6.96. The van der Waals surface area contributed by atoms with Gasteiger partial charge in [-0.15, -0.1) is 0 Å². The third-order valence-electron chi connectivity index (χ3n) is 3.23. The van der Waals surface area contributed by atoms with E-state index in [0.717, 1.165) is 10.2 Å². The van der Waals surface area contributed by atoms with Crippen LogP contribution in [0.25, 0.3) is 10.2 Å². The molecular weight excluding hydrogens is 330 g/mol. The smallest absolute Gasteiger partial charge is 0.338 e. The molecule has 6 nitrogen and oxygen atoms in total. The van der Waals surface area contributed by atoms with Crippen molar-refractivity contribution < 1.29 is 23.8 Å². The third-order valence-corrected chi connectivity index (χ3v) is 4.14. The lowest BCUT2D eigenvalue weighted by Gasteiger charge is -2.07. The minimum absolute atomic E-state index is 0.191. The van der Waals surface area contributed by atoms with Crippen LogP contribution in [0.3, 0.4) is 0 Å². The van der Waals surface area contributed by atoms with Crippen LogP contribution >= 0.6 is 11.3 Å². The van der Waals surface area contributed by atoms with Crippen LogP contribution in [0.15, 0.2) is 42.5 Å². The first-order chi connectivity index (χ1) is 11.6. The number of nitrogens with zero attached hydrogens (tertiary/aromatic N) is 1. The van der Waals surface area contributed by atoms with Crippen LogP contribution in [0, 0.1) is 0 Å². The minimum Gasteiger partial charge on any atom is -0.465 e. The van der Waals surface area contributed by atoms with Gasteiger partial charge in [-0.25, -0.2) is 14.6 Å². The molecule has 0 radical (unpaired) electrons. The van der Waals surface area contributed by atoms with Crippen molar-refractivity contribution in [3.8, 4) is 10.9 Å². The number of thiazole rings is 1. The topological polar surface area (TPSA) is 74.7 Å². The summed E-state index contributed by atoms with van der Waals surface area (Å²) >= 11 is 1.37. The molecule has 0 aliphatic rings. The maximum absolute atomic E-state index is 11.8. The summed E-state index contributed by atoms with van der Waals surface area (Å²) in [6, 6.07) is 12.0. The molecule has 7 heteroatoms. The Kier molecular flexibility index (Phi) is 4.43. The molecule has 1 heterocycles. The van der Waals surface area contributed by atoms with Gasteiger partial charge in [0.05, 0.1) is 35.6 Å². The molecule has 1 aromatic heterocycles. The lowest BCUT2D eigenvalue weighted by Crippen LogP contribution is -2.07. The summed E-state index contributed by atoms with van der Waals surface area (Å²) in [5.41, 5.74) is 1.20. The summed E-state index contributed by atoms with van der Waals surface area (Å²) in [4.78, 5) is 27.9. The maximum atomic E-state index is 11.8. The molecule has 0 saturated heterocycles. The van der Waals surface area contributed by atoms with Gasteiger partial charge in [-0.1, -0.05) is 23.5 Å². The summed E-state index contributed by atoms with van der Waals surface area (Å²) in [5.74, 6) is -0.845. The standard InChI is InChI=1S/C17H13NO5S/c1-21-15(19)10-7-11(16(20)22-2)9-12(8-10)23-17-18-13-5-3-4-6-14(13)24-17/h3-9H,1-2H3. The molecule has 0 fully saturated rings. The number of esters is 2. The Morgan fingerprint density at radius 1 is 0.958 bits per heavy atom. The number of rotatable bonds is 4. The highest BCUT2D eigenvalue weighted by Crippen LogP contribution is 2.32. The lowest BCUT2D eigenvalue weighted by atomic mass is 10.1. The van der Waals surface area contributed by atoms with Crippen LogP contribution in [-0.4, -0.2) is 31.1 Å². The number of para-hydroxylation sites is 1. The molecule has 0 saturated carbocycles. The Balaban J connectivity index is 1.99. The van der Waals surface area contributed by atoms with Crippen molar-refractivity contribution in [3.05, 3.63) is 53.6 Å². The van der Waals surface area contributed by atoms with Crippen LogP contribution in [-0.2, 0) is 9.47 Å². The number of methoxy groups -OCH3 is 2. The van der Waals surface area contributed by atoms with Crippen LogP contribution in [0.5, 0.6) is 10.9 Å². The van der Waals surface area contributed by atoms with E-state index < -0.39 is 11.9 Å². The second-order valence-corrected chi connectivity index (χ2v) is 5.77. The fourth-order valence-electron chi connectivity index (χ4n) is 2.12. The predicted octanol–water partition coefficient (Wildman–Crippen LogP) is 3.66. The molecule has 0 aliphatic carbocycles. The summed E-state index contributed by atoms with van der Waals surface area (Å²) in [5, 5.41) is 0.411. The lowest BCUT2D eigenvalue weighted by molar-refractivity contribution is 0.0598. The fourth-order valence-corrected chi connectivity index (χ4v) is 2.96. The predicted molar refractivity (Wildman–Crippen MR) is 88.8 cm³/mol. The van der Waals surface area contributed by atoms with E-state index in [4.69, 9.17) is 14.2 Å². The second-order valence-electron chi connectivity index (χ2n) is 4.78. The molecule has 0 aliphatic heterocycles. The van der Waals surface area contributed by atoms with Crippen LogP contribution in [0.4, 0.5) is 0 Å². The Bertz CT molecular complexity index is 851. The van der Waals surface area contributed by atoms with E-state index in [2.05, 4.69) is 4.98 Å². The Morgan fingerprint density at radius 2 is 1.58 bits per heavy atom. The molecule has 3 aromatic rings. The normalized spacial score (nSPS) is 10.4. The van der Waals surface area contributed by atoms with Gasteiger partial charge in [0.15, 0.2) is 0 Å². The summed E-state index contributed by atoms with van der Waals surface area (Å²) in [7, 11) is 2.53. The molecule has 122 valence electrons. The van der Waals surface area contributed by atoms with Crippen molar-refractivity contribution >= 4 is 33.5 Å². The average Bonchev–Trinajstić information content (AvgIpc) is 3.02. The van der Waals surface area contributed by atoms with Crippen LogP contribution in [0.1, 0.15) is 20.7 Å². The van der Waals surface area contributed by atoms with Gasteiger partial charge in [0.25, 0.3) is 5.19 Å². The van der Waals surface area contributed by atoms with E-state index in [1.807, 2.05) is 24.3 Å². The van der Waals surface area contributed by atoms with Crippen molar-refractivity contribution in [3.63, 3.8) is 0 Å². The molecule has 0 spiro atoms. The van der Waals surface area contributed by atoms with Gasteiger partial charge >= 0.3 is 11.9 Å². The number of aromatic nitrogens is 1. The van der Waals surface area contributed by atoms with Gasteiger partial charge in [-0.05, 0) is 30.3 Å². The molecular formula is C17H13NO5S. The zero-order chi connectivity index (χ0) is 17.1. The number of ether oxygens (including phenoxy) is 3. The Hall–Kier alpha value is -2.93. The van der Waals surface area contributed by atoms with Gasteiger partial charge in [0.2, 0.25) is 0 Å². The molecule has 0 atom stereocenters. The maximum Gasteiger partial charge on any atom is 0.338 e. The van der Waals surface area contributed by atoms with Gasteiger partial charge in [0, 0.05) is 0 Å². The van der Waals surface area contributed by atoms with E-state index in [1.165, 1.54) is 43.8 Å². The van der Waals surface area contributed by atoms with Gasteiger partial charge in [0.1, 0.15) is 5.75 Å². The van der Waals surface area contributed by atoms with Gasteiger partial charge < -0.3 is 14.2 Å². The first-order valence-corrected chi connectivity index (χ1v) is 7.77. The quantitative estimate of drug-likeness (QED) is 0.673. The second kappa shape index (κ2) is 6.67. The number of carbonyl (C=O) groups is 2. The number of hydrogen-bond acceptors (Lipinski definition) is 7. The van der Waals surface area contributed by atoms with Crippen molar-refractivity contribution in [2.45, 2.75) is 0 Å². The van der Waals surface area contributed by atoms with Crippen LogP contribution in [0.2, 0.25) is 0 Å². The summed E-state index contributed by atoms with van der Waals surface area (Å²) in [6.45, 7) is 0. The summed E-state index contributed by atoms with van der Waals surface area (Å²) < 4.78 is 16.1. The molecule has 24 heavy (non-hydrogen) atoms. The molecule has 0 amide bonds. The molecule has 2 aromatic carbocycles. The molecule has 0 N–H and O–H groups in total. The highest BCUT2D eigenvalue weighted by molar-refractivity contribution is 7.20. The first kappa shape index (κ1) is 15.9. The zero-order valence-electron chi connectivity index (χ0n) is 12.9.